The minimum atomic E-state index is -0.0836. The fourth-order valence-electron chi connectivity index (χ4n) is 2.22. The number of hydrogen-bond donors (Lipinski definition) is 1. The molecule has 0 aliphatic rings. The van der Waals surface area contributed by atoms with Gasteiger partial charge in [0.1, 0.15) is 5.75 Å². The van der Waals surface area contributed by atoms with Crippen molar-refractivity contribution in [1.82, 2.24) is 15.5 Å². The minimum absolute atomic E-state index is 0.0836. The van der Waals surface area contributed by atoms with Gasteiger partial charge in [-0.2, -0.15) is 0 Å². The first-order valence-corrected chi connectivity index (χ1v) is 9.23. The number of carbonyl (C=O) groups is 1. The van der Waals surface area contributed by atoms with Crippen LogP contribution in [0.3, 0.4) is 0 Å². The van der Waals surface area contributed by atoms with Crippen LogP contribution in [-0.4, -0.2) is 28.5 Å². The molecule has 0 fully saturated rings. The van der Waals surface area contributed by atoms with Gasteiger partial charge in [-0.15, -0.1) is 10.2 Å². The molecule has 0 unspecified atom stereocenters. The van der Waals surface area contributed by atoms with Crippen molar-refractivity contribution in [2.75, 3.05) is 12.4 Å². The number of benzene rings is 2. The van der Waals surface area contributed by atoms with E-state index in [1.807, 2.05) is 61.5 Å². The first-order chi connectivity index (χ1) is 12.7. The first kappa shape index (κ1) is 18.0. The van der Waals surface area contributed by atoms with Gasteiger partial charge in [0, 0.05) is 12.1 Å². The van der Waals surface area contributed by atoms with Crippen molar-refractivity contribution >= 4 is 17.7 Å². The maximum atomic E-state index is 11.9. The smallest absolute Gasteiger partial charge is 0.277 e. The highest BCUT2D eigenvalue weighted by Crippen LogP contribution is 2.24. The van der Waals surface area contributed by atoms with E-state index in [9.17, 15) is 4.79 Å². The fourth-order valence-corrected chi connectivity index (χ4v) is 2.81. The topological polar surface area (TPSA) is 77.2 Å². The molecule has 1 aromatic heterocycles. The van der Waals surface area contributed by atoms with Crippen molar-refractivity contribution in [1.29, 1.82) is 0 Å². The molecule has 0 saturated heterocycles. The van der Waals surface area contributed by atoms with Crippen molar-refractivity contribution in [3.63, 3.8) is 0 Å². The van der Waals surface area contributed by atoms with Gasteiger partial charge in [0.25, 0.3) is 5.22 Å². The quantitative estimate of drug-likeness (QED) is 0.612. The van der Waals surface area contributed by atoms with E-state index in [-0.39, 0.29) is 11.7 Å². The van der Waals surface area contributed by atoms with Gasteiger partial charge in [0.2, 0.25) is 11.8 Å². The zero-order chi connectivity index (χ0) is 18.2. The molecule has 3 rings (SSSR count). The summed E-state index contributed by atoms with van der Waals surface area (Å²) in [6, 6.07) is 17.2. The predicted octanol–water partition coefficient (Wildman–Crippen LogP) is 3.54. The third-order valence-corrected chi connectivity index (χ3v) is 4.30. The summed E-state index contributed by atoms with van der Waals surface area (Å²) in [4.78, 5) is 11.9. The maximum Gasteiger partial charge on any atom is 0.277 e. The fraction of sp³-hybridized carbons (Fsp3) is 0.211. The molecule has 0 aliphatic carbocycles. The highest BCUT2D eigenvalue weighted by molar-refractivity contribution is 7.99. The third kappa shape index (κ3) is 5.10. The van der Waals surface area contributed by atoms with Crippen LogP contribution in [0.15, 0.2) is 64.2 Å². The second-order valence-corrected chi connectivity index (χ2v) is 6.31. The van der Waals surface area contributed by atoms with E-state index in [4.69, 9.17) is 9.15 Å². The Morgan fingerprint density at radius 2 is 1.88 bits per heavy atom. The molecule has 1 heterocycles. The average molecular weight is 369 g/mol. The lowest BCUT2D eigenvalue weighted by Gasteiger charge is -2.03. The summed E-state index contributed by atoms with van der Waals surface area (Å²) in [6.07, 6.45) is 0. The van der Waals surface area contributed by atoms with E-state index < -0.39 is 0 Å². The Morgan fingerprint density at radius 3 is 2.62 bits per heavy atom. The van der Waals surface area contributed by atoms with Crippen molar-refractivity contribution in [3.05, 3.63) is 60.2 Å². The van der Waals surface area contributed by atoms with E-state index in [1.54, 1.807) is 0 Å². The van der Waals surface area contributed by atoms with E-state index in [0.717, 1.165) is 16.9 Å². The zero-order valence-electron chi connectivity index (χ0n) is 14.3. The van der Waals surface area contributed by atoms with E-state index in [1.165, 1.54) is 11.8 Å². The van der Waals surface area contributed by atoms with Crippen LogP contribution in [0.1, 0.15) is 12.5 Å². The summed E-state index contributed by atoms with van der Waals surface area (Å²) >= 11 is 1.21. The molecule has 26 heavy (non-hydrogen) atoms. The predicted molar refractivity (Wildman–Crippen MR) is 99.9 cm³/mol. The number of amides is 1. The molecule has 7 heteroatoms. The molecule has 0 spiro atoms. The van der Waals surface area contributed by atoms with E-state index in [0.29, 0.717) is 24.3 Å². The van der Waals surface area contributed by atoms with Crippen LogP contribution in [0, 0.1) is 0 Å². The number of ether oxygens (including phenoxy) is 1. The SMILES string of the molecule is CCOc1ccc(-c2nnc(SCC(=O)NCc3ccccc3)o2)cc1. The van der Waals surface area contributed by atoms with Gasteiger partial charge >= 0.3 is 0 Å². The number of carbonyl (C=O) groups excluding carboxylic acids is 1. The second kappa shape index (κ2) is 9.05. The molecule has 1 amide bonds. The van der Waals surface area contributed by atoms with Crippen LogP contribution >= 0.6 is 11.8 Å². The number of nitrogens with zero attached hydrogens (tertiary/aromatic N) is 2. The molecule has 0 aliphatic heterocycles. The molecular formula is C19H19N3O3S. The molecule has 6 nitrogen and oxygen atoms in total. The largest absolute Gasteiger partial charge is 0.494 e. The summed E-state index contributed by atoms with van der Waals surface area (Å²) in [5, 5.41) is 11.2. The van der Waals surface area contributed by atoms with Crippen molar-refractivity contribution in [2.24, 2.45) is 0 Å². The number of thioether (sulfide) groups is 1. The summed E-state index contributed by atoms with van der Waals surface area (Å²) in [6.45, 7) is 3.06. The van der Waals surface area contributed by atoms with Gasteiger partial charge in [0.15, 0.2) is 0 Å². The van der Waals surface area contributed by atoms with Crippen LogP contribution in [0.5, 0.6) is 5.75 Å². The number of aromatic nitrogens is 2. The molecule has 0 radical (unpaired) electrons. The van der Waals surface area contributed by atoms with Gasteiger partial charge in [-0.05, 0) is 36.8 Å². The summed E-state index contributed by atoms with van der Waals surface area (Å²) in [7, 11) is 0. The molecule has 0 atom stereocenters. The molecule has 1 N–H and O–H groups in total. The summed E-state index contributed by atoms with van der Waals surface area (Å²) in [5.74, 6) is 1.35. The standard InChI is InChI=1S/C19H19N3O3S/c1-2-24-16-10-8-15(9-11-16)18-21-22-19(25-18)26-13-17(23)20-12-14-6-4-3-5-7-14/h3-11H,2,12-13H2,1H3,(H,20,23). The van der Waals surface area contributed by atoms with Crippen molar-refractivity contribution < 1.29 is 13.9 Å². The Labute approximate surface area is 156 Å². The molecule has 0 saturated carbocycles. The van der Waals surface area contributed by atoms with E-state index in [2.05, 4.69) is 15.5 Å². The second-order valence-electron chi connectivity index (χ2n) is 5.38. The molecule has 2 aromatic carbocycles. The summed E-state index contributed by atoms with van der Waals surface area (Å²) in [5.41, 5.74) is 1.86. The van der Waals surface area contributed by atoms with Gasteiger partial charge in [0.05, 0.1) is 12.4 Å². The van der Waals surface area contributed by atoms with Crippen molar-refractivity contribution in [2.45, 2.75) is 18.7 Å². The lowest BCUT2D eigenvalue weighted by atomic mass is 10.2. The van der Waals surface area contributed by atoms with Crippen molar-refractivity contribution in [3.8, 4) is 17.2 Å². The van der Waals surface area contributed by atoms with E-state index >= 15 is 0 Å². The molecule has 0 bridgehead atoms. The highest BCUT2D eigenvalue weighted by atomic mass is 32.2. The molecule has 3 aromatic rings. The molecule has 134 valence electrons. The van der Waals surface area contributed by atoms with Gasteiger partial charge in [-0.1, -0.05) is 42.1 Å². The number of rotatable bonds is 8. The normalized spacial score (nSPS) is 10.5. The van der Waals surface area contributed by atoms with Crippen LogP contribution in [0.4, 0.5) is 0 Å². The Bertz CT molecular complexity index is 835. The Balaban J connectivity index is 1.49. The van der Waals surface area contributed by atoms with Crippen LogP contribution in [0.2, 0.25) is 0 Å². The Kier molecular flexibility index (Phi) is 6.27. The Morgan fingerprint density at radius 1 is 1.12 bits per heavy atom. The van der Waals surface area contributed by atoms with Gasteiger partial charge in [-0.3, -0.25) is 4.79 Å². The molecular weight excluding hydrogens is 350 g/mol. The number of nitrogens with one attached hydrogen (secondary N) is 1. The zero-order valence-corrected chi connectivity index (χ0v) is 15.2. The van der Waals surface area contributed by atoms with Gasteiger partial charge < -0.3 is 14.5 Å². The average Bonchev–Trinajstić information content (AvgIpc) is 3.15. The van der Waals surface area contributed by atoms with Gasteiger partial charge in [-0.25, -0.2) is 0 Å². The highest BCUT2D eigenvalue weighted by Gasteiger charge is 2.11. The monoisotopic (exact) mass is 369 g/mol. The lowest BCUT2D eigenvalue weighted by Crippen LogP contribution is -2.24. The van der Waals surface area contributed by atoms with Crippen LogP contribution < -0.4 is 10.1 Å². The van der Waals surface area contributed by atoms with Crippen LogP contribution in [-0.2, 0) is 11.3 Å². The first-order valence-electron chi connectivity index (χ1n) is 8.25. The Hall–Kier alpha value is -2.80. The maximum absolute atomic E-state index is 11.9. The summed E-state index contributed by atoms with van der Waals surface area (Å²) < 4.78 is 11.0. The minimum Gasteiger partial charge on any atom is -0.494 e. The number of hydrogen-bond acceptors (Lipinski definition) is 6. The third-order valence-electron chi connectivity index (χ3n) is 3.48. The van der Waals surface area contributed by atoms with Crippen LogP contribution in [0.25, 0.3) is 11.5 Å². The lowest BCUT2D eigenvalue weighted by molar-refractivity contribution is -0.118.